The number of aromatic nitrogens is 2. The van der Waals surface area contributed by atoms with Gasteiger partial charge in [0.2, 0.25) is 5.82 Å². The Morgan fingerprint density at radius 1 is 0.949 bits per heavy atom. The lowest BCUT2D eigenvalue weighted by Crippen LogP contribution is -2.20. The molecule has 6 nitrogen and oxygen atoms in total. The molecule has 0 fully saturated rings. The van der Waals surface area contributed by atoms with Gasteiger partial charge in [0.1, 0.15) is 23.8 Å². The molecule has 0 unspecified atom stereocenters. The molecule has 2 heterocycles. The number of benzene rings is 4. The van der Waals surface area contributed by atoms with Gasteiger partial charge in [0.25, 0.3) is 5.56 Å². The molecule has 6 aromatic rings. The summed E-state index contributed by atoms with van der Waals surface area (Å²) >= 11 is 4.39. The average Bonchev–Trinajstić information content (AvgIpc) is 3.36. The molecule has 0 saturated heterocycles. The van der Waals surface area contributed by atoms with Crippen molar-refractivity contribution in [2.45, 2.75) is 6.61 Å². The SMILES string of the molecule is O=c1c2ccccc2nc(-c2cc3ccccc3o2)n1N=Cc1cc(I)c(OCc2cccc(F)c2)c(I)c1. The monoisotopic (exact) mass is 741 g/mol. The van der Waals surface area contributed by atoms with Crippen molar-refractivity contribution in [1.29, 1.82) is 0 Å². The van der Waals surface area contributed by atoms with E-state index in [9.17, 15) is 9.18 Å². The number of rotatable bonds is 6. The zero-order valence-corrected chi connectivity index (χ0v) is 24.5. The molecule has 4 aromatic carbocycles. The Morgan fingerprint density at radius 2 is 1.72 bits per heavy atom. The Morgan fingerprint density at radius 3 is 2.51 bits per heavy atom. The molecule has 0 saturated carbocycles. The lowest BCUT2D eigenvalue weighted by Gasteiger charge is -2.12. The zero-order valence-electron chi connectivity index (χ0n) is 20.1. The van der Waals surface area contributed by atoms with E-state index in [1.54, 1.807) is 30.5 Å². The minimum absolute atomic E-state index is 0.246. The summed E-state index contributed by atoms with van der Waals surface area (Å²) in [7, 11) is 0. The summed E-state index contributed by atoms with van der Waals surface area (Å²) in [5, 5.41) is 5.92. The Balaban J connectivity index is 1.37. The number of nitrogens with zero attached hydrogens (tertiary/aromatic N) is 3. The van der Waals surface area contributed by atoms with Crippen LogP contribution < -0.4 is 10.3 Å². The zero-order chi connectivity index (χ0) is 26.9. The third kappa shape index (κ3) is 5.33. The first-order valence-corrected chi connectivity index (χ1v) is 14.0. The Hall–Kier alpha value is -3.58. The maximum atomic E-state index is 13.5. The fourth-order valence-electron chi connectivity index (χ4n) is 4.18. The van der Waals surface area contributed by atoms with E-state index in [0.717, 1.165) is 23.7 Å². The summed E-state index contributed by atoms with van der Waals surface area (Å²) in [6.45, 7) is 0.246. The van der Waals surface area contributed by atoms with Gasteiger partial charge in [-0.2, -0.15) is 9.78 Å². The van der Waals surface area contributed by atoms with Gasteiger partial charge in [-0.25, -0.2) is 9.37 Å². The van der Waals surface area contributed by atoms with Crippen LogP contribution in [0.3, 0.4) is 0 Å². The minimum Gasteiger partial charge on any atom is -0.487 e. The second-order valence-electron chi connectivity index (χ2n) is 8.69. The number of para-hydroxylation sites is 2. The number of furan rings is 1. The molecule has 0 spiro atoms. The maximum Gasteiger partial charge on any atom is 0.282 e. The van der Waals surface area contributed by atoms with Gasteiger partial charge >= 0.3 is 0 Å². The summed E-state index contributed by atoms with van der Waals surface area (Å²) in [4.78, 5) is 18.2. The lowest BCUT2D eigenvalue weighted by atomic mass is 10.2. The van der Waals surface area contributed by atoms with Gasteiger partial charge in [-0.3, -0.25) is 4.79 Å². The van der Waals surface area contributed by atoms with Crippen molar-refractivity contribution >= 4 is 73.3 Å². The van der Waals surface area contributed by atoms with E-state index < -0.39 is 0 Å². The molecule has 192 valence electrons. The van der Waals surface area contributed by atoms with Gasteiger partial charge in [-0.1, -0.05) is 42.5 Å². The quantitative estimate of drug-likeness (QED) is 0.130. The number of hydrogen-bond donors (Lipinski definition) is 0. The molecule has 0 aliphatic heterocycles. The van der Waals surface area contributed by atoms with Crippen molar-refractivity contribution in [2.75, 3.05) is 0 Å². The van der Waals surface area contributed by atoms with Gasteiger partial charge in [0.05, 0.1) is 24.3 Å². The van der Waals surface area contributed by atoms with Crippen LogP contribution in [0.15, 0.2) is 105 Å². The van der Waals surface area contributed by atoms with Crippen LogP contribution in [0.5, 0.6) is 5.75 Å². The number of ether oxygens (including phenoxy) is 1. The second kappa shape index (κ2) is 10.9. The van der Waals surface area contributed by atoms with Crippen LogP contribution in [-0.4, -0.2) is 15.9 Å². The van der Waals surface area contributed by atoms with Gasteiger partial charge in [0, 0.05) is 5.39 Å². The van der Waals surface area contributed by atoms with Crippen molar-refractivity contribution in [3.8, 4) is 17.3 Å². The summed E-state index contributed by atoms with van der Waals surface area (Å²) in [6, 6.07) is 26.8. The van der Waals surface area contributed by atoms with E-state index >= 15 is 0 Å². The maximum absolute atomic E-state index is 13.5. The van der Waals surface area contributed by atoms with Crippen LogP contribution >= 0.6 is 45.2 Å². The Kier molecular flexibility index (Phi) is 7.17. The van der Waals surface area contributed by atoms with Crippen molar-refractivity contribution in [3.63, 3.8) is 0 Å². The highest BCUT2D eigenvalue weighted by Gasteiger charge is 2.16. The molecule has 0 radical (unpaired) electrons. The summed E-state index contributed by atoms with van der Waals surface area (Å²) in [6.07, 6.45) is 1.62. The van der Waals surface area contributed by atoms with E-state index in [-0.39, 0.29) is 18.0 Å². The standard InChI is InChI=1S/C30H18FI2N3O3/c31-21-8-5-6-18(12-21)17-38-28-23(32)13-19(14-24(28)33)16-34-36-29(27-15-20-7-1-4-11-26(20)39-27)35-25-10-3-2-9-22(25)30(36)37/h1-16H,17H2. The van der Waals surface area contributed by atoms with Crippen molar-refractivity contribution in [1.82, 2.24) is 9.66 Å². The second-order valence-corrected chi connectivity index (χ2v) is 11.0. The highest BCUT2D eigenvalue weighted by molar-refractivity contribution is 14.1. The molecule has 2 aromatic heterocycles. The fourth-order valence-corrected chi connectivity index (χ4v) is 6.31. The molecule has 0 bridgehead atoms. The van der Waals surface area contributed by atoms with Crippen LogP contribution in [0.2, 0.25) is 0 Å². The molecule has 39 heavy (non-hydrogen) atoms. The normalized spacial score (nSPS) is 11.6. The summed E-state index contributed by atoms with van der Waals surface area (Å²) in [5.41, 5.74) is 2.48. The minimum atomic E-state index is -0.299. The average molecular weight is 741 g/mol. The molecule has 6 rings (SSSR count). The van der Waals surface area contributed by atoms with E-state index in [1.165, 1.54) is 16.8 Å². The molecule has 0 aliphatic carbocycles. The van der Waals surface area contributed by atoms with E-state index in [1.807, 2.05) is 54.6 Å². The number of fused-ring (bicyclic) bond motifs is 2. The predicted molar refractivity (Wildman–Crippen MR) is 167 cm³/mol. The van der Waals surface area contributed by atoms with Crippen LogP contribution in [0.25, 0.3) is 33.5 Å². The number of halogens is 3. The van der Waals surface area contributed by atoms with Gasteiger partial charge in [0.15, 0.2) is 5.76 Å². The van der Waals surface area contributed by atoms with Gasteiger partial charge in [-0.15, -0.1) is 0 Å². The van der Waals surface area contributed by atoms with Crippen LogP contribution in [0.4, 0.5) is 4.39 Å². The van der Waals surface area contributed by atoms with Crippen molar-refractivity contribution in [3.05, 3.63) is 125 Å². The third-order valence-electron chi connectivity index (χ3n) is 6.01. The molecular formula is C30H18FI2N3O3. The molecular weight excluding hydrogens is 723 g/mol. The first-order valence-electron chi connectivity index (χ1n) is 11.9. The van der Waals surface area contributed by atoms with E-state index in [2.05, 4.69) is 50.3 Å². The highest BCUT2D eigenvalue weighted by atomic mass is 127. The molecule has 0 amide bonds. The van der Waals surface area contributed by atoms with Crippen molar-refractivity contribution < 1.29 is 13.5 Å². The fraction of sp³-hybridized carbons (Fsp3) is 0.0333. The van der Waals surface area contributed by atoms with Crippen LogP contribution in [0, 0.1) is 13.0 Å². The summed E-state index contributed by atoms with van der Waals surface area (Å²) in [5.74, 6) is 1.16. The molecule has 0 aliphatic rings. The lowest BCUT2D eigenvalue weighted by molar-refractivity contribution is 0.301. The van der Waals surface area contributed by atoms with E-state index in [0.29, 0.717) is 33.8 Å². The van der Waals surface area contributed by atoms with E-state index in [4.69, 9.17) is 14.1 Å². The highest BCUT2D eigenvalue weighted by Crippen LogP contribution is 2.30. The molecule has 0 N–H and O–H groups in total. The Bertz CT molecular complexity index is 1890. The van der Waals surface area contributed by atoms with Crippen LogP contribution in [0.1, 0.15) is 11.1 Å². The predicted octanol–water partition coefficient (Wildman–Crippen LogP) is 7.62. The Labute approximate surface area is 249 Å². The summed E-state index contributed by atoms with van der Waals surface area (Å²) < 4.78 is 28.6. The van der Waals surface area contributed by atoms with Gasteiger partial charge in [-0.05, 0) is 105 Å². The topological polar surface area (TPSA) is 69.6 Å². The van der Waals surface area contributed by atoms with Crippen molar-refractivity contribution in [2.24, 2.45) is 5.10 Å². The van der Waals surface area contributed by atoms with Crippen LogP contribution in [-0.2, 0) is 6.61 Å². The first kappa shape index (κ1) is 25.7. The third-order valence-corrected chi connectivity index (χ3v) is 7.62. The van der Waals surface area contributed by atoms with Gasteiger partial charge < -0.3 is 9.15 Å². The largest absolute Gasteiger partial charge is 0.487 e. The molecule has 0 atom stereocenters. The molecule has 9 heteroatoms. The smallest absolute Gasteiger partial charge is 0.282 e. The first-order chi connectivity index (χ1) is 19.0. The number of hydrogen-bond acceptors (Lipinski definition) is 5.